The molecule has 0 saturated carbocycles. The third-order valence-electron chi connectivity index (χ3n) is 13.2. The highest BCUT2D eigenvalue weighted by Crippen LogP contribution is 2.37. The first-order chi connectivity index (χ1) is 30.3. The molecule has 17 heteroatoms. The van der Waals surface area contributed by atoms with Gasteiger partial charge in [-0.15, -0.1) is 0 Å². The molecule has 4 aliphatic rings. The molecule has 4 aliphatic heterocycles. The molecule has 5 aromatic rings. The Morgan fingerprint density at radius 1 is 0.758 bits per heavy atom. The van der Waals surface area contributed by atoms with Crippen molar-refractivity contribution in [1.82, 2.24) is 45.4 Å². The zero-order chi connectivity index (χ0) is 42.7. The van der Waals surface area contributed by atoms with E-state index in [0.29, 0.717) is 63.8 Å². The fourth-order valence-corrected chi connectivity index (χ4v) is 9.88. The van der Waals surface area contributed by atoms with Crippen LogP contribution < -0.4 is 10.6 Å². The average molecular weight is 850 g/mol. The lowest BCUT2D eigenvalue weighted by Gasteiger charge is -2.39. The molecule has 3 aromatic heterocycles. The number of fused-ring (bicyclic) bond motifs is 2. The van der Waals surface area contributed by atoms with E-state index in [1.54, 1.807) is 0 Å². The molecule has 5 N–H and O–H groups in total. The Balaban J connectivity index is 0.899. The number of aromatic amines is 2. The van der Waals surface area contributed by atoms with Crippen molar-refractivity contribution >= 4 is 40.0 Å². The monoisotopic (exact) mass is 849 g/mol. The summed E-state index contributed by atoms with van der Waals surface area (Å²) in [6.45, 7) is 3.54. The minimum Gasteiger partial charge on any atom is -0.453 e. The van der Waals surface area contributed by atoms with Gasteiger partial charge in [0.15, 0.2) is 5.65 Å². The number of hydrogen-bond acceptors (Lipinski definition) is 12. The van der Waals surface area contributed by atoms with E-state index in [0.717, 1.165) is 83.2 Å². The van der Waals surface area contributed by atoms with Gasteiger partial charge < -0.3 is 49.6 Å². The van der Waals surface area contributed by atoms with Crippen LogP contribution in [0.25, 0.3) is 44.5 Å². The predicted molar refractivity (Wildman–Crippen MR) is 229 cm³/mol. The number of pyridine rings is 1. The first-order valence-corrected chi connectivity index (χ1v) is 21.8. The van der Waals surface area contributed by atoms with Crippen molar-refractivity contribution in [3.8, 4) is 22.5 Å². The number of hydrogen-bond donors (Lipinski definition) is 5. The molecule has 9 rings (SSSR count). The molecule has 328 valence electrons. The lowest BCUT2D eigenvalue weighted by Crippen LogP contribution is -2.56. The third-order valence-corrected chi connectivity index (χ3v) is 13.2. The SMILES string of the molecule is COC(=O)N[C@@H](C1CCOCC1)C(O)N1CCC[C@H]1c1ncc(-c2ccc3cc(-c4ccc5[nH]c([C@@H]6CCCN6C(=O)[C@@H](NC(=O)OC)C6CCOCC6)nc5n4)ccc3c2)[nH]1. The van der Waals surface area contributed by atoms with Gasteiger partial charge in [-0.3, -0.25) is 9.69 Å². The Hall–Kier alpha value is -5.62. The van der Waals surface area contributed by atoms with Gasteiger partial charge in [0.1, 0.15) is 23.9 Å². The molecule has 7 heterocycles. The topological polar surface area (TPSA) is 209 Å². The van der Waals surface area contributed by atoms with Crippen LogP contribution in [0.5, 0.6) is 0 Å². The molecule has 3 amide bonds. The maximum atomic E-state index is 14.1. The smallest absolute Gasteiger partial charge is 0.407 e. The van der Waals surface area contributed by atoms with E-state index in [4.69, 9.17) is 33.9 Å². The Labute approximate surface area is 359 Å². The number of likely N-dealkylation sites (tertiary alicyclic amines) is 2. The van der Waals surface area contributed by atoms with Crippen molar-refractivity contribution in [2.75, 3.05) is 53.7 Å². The van der Waals surface area contributed by atoms with Crippen molar-refractivity contribution in [2.24, 2.45) is 11.8 Å². The largest absolute Gasteiger partial charge is 0.453 e. The van der Waals surface area contributed by atoms with E-state index in [9.17, 15) is 19.5 Å². The molecule has 5 atom stereocenters. The Kier molecular flexibility index (Phi) is 12.4. The quantitative estimate of drug-likeness (QED) is 0.110. The molecule has 62 heavy (non-hydrogen) atoms. The summed E-state index contributed by atoms with van der Waals surface area (Å²) in [4.78, 5) is 64.2. The molecule has 0 spiro atoms. The predicted octanol–water partition coefficient (Wildman–Crippen LogP) is 5.59. The third kappa shape index (κ3) is 8.58. The van der Waals surface area contributed by atoms with Gasteiger partial charge in [-0.1, -0.05) is 24.3 Å². The number of aliphatic hydroxyl groups excluding tert-OH is 1. The first kappa shape index (κ1) is 41.7. The van der Waals surface area contributed by atoms with Crippen LogP contribution in [0, 0.1) is 11.8 Å². The van der Waals surface area contributed by atoms with Crippen molar-refractivity contribution in [2.45, 2.75) is 81.8 Å². The van der Waals surface area contributed by atoms with E-state index >= 15 is 0 Å². The molecular formula is C45H55N9O8. The molecule has 2 aromatic carbocycles. The first-order valence-electron chi connectivity index (χ1n) is 21.8. The van der Waals surface area contributed by atoms with Crippen LogP contribution in [0.4, 0.5) is 9.59 Å². The molecule has 0 aliphatic carbocycles. The molecular weight excluding hydrogens is 795 g/mol. The van der Waals surface area contributed by atoms with Gasteiger partial charge >= 0.3 is 12.2 Å². The number of nitrogens with zero attached hydrogens (tertiary/aromatic N) is 5. The number of imidazole rings is 2. The number of carbonyl (C=O) groups excluding carboxylic acids is 3. The lowest BCUT2D eigenvalue weighted by atomic mass is 9.90. The molecule has 0 bridgehead atoms. The van der Waals surface area contributed by atoms with Gasteiger partial charge in [-0.05, 0) is 98.2 Å². The summed E-state index contributed by atoms with van der Waals surface area (Å²) in [7, 11) is 2.64. The van der Waals surface area contributed by atoms with Crippen molar-refractivity contribution in [3.63, 3.8) is 0 Å². The maximum absolute atomic E-state index is 14.1. The summed E-state index contributed by atoms with van der Waals surface area (Å²) >= 11 is 0. The van der Waals surface area contributed by atoms with Crippen LogP contribution in [0.3, 0.4) is 0 Å². The fraction of sp³-hybridized carbons (Fsp3) is 0.511. The van der Waals surface area contributed by atoms with Crippen LogP contribution in [-0.2, 0) is 23.7 Å². The van der Waals surface area contributed by atoms with Crippen molar-refractivity contribution < 1.29 is 38.4 Å². The molecule has 4 fully saturated rings. The van der Waals surface area contributed by atoms with E-state index in [1.165, 1.54) is 14.2 Å². The Morgan fingerprint density at radius 3 is 2.16 bits per heavy atom. The number of alkyl carbamates (subject to hydrolysis) is 2. The molecule has 1 unspecified atom stereocenters. The number of rotatable bonds is 11. The number of aromatic nitrogens is 5. The van der Waals surface area contributed by atoms with Gasteiger partial charge in [0, 0.05) is 50.6 Å². The second-order valence-corrected chi connectivity index (χ2v) is 16.8. The van der Waals surface area contributed by atoms with E-state index in [1.807, 2.05) is 28.1 Å². The van der Waals surface area contributed by atoms with E-state index < -0.39 is 30.5 Å². The van der Waals surface area contributed by atoms with Crippen molar-refractivity contribution in [1.29, 1.82) is 0 Å². The number of nitrogens with one attached hydrogen (secondary N) is 4. The summed E-state index contributed by atoms with van der Waals surface area (Å²) in [6, 6.07) is 14.9. The van der Waals surface area contributed by atoms with Gasteiger partial charge in [-0.25, -0.2) is 24.5 Å². The second kappa shape index (κ2) is 18.4. The summed E-state index contributed by atoms with van der Waals surface area (Å²) in [5, 5.41) is 19.6. The summed E-state index contributed by atoms with van der Waals surface area (Å²) < 4.78 is 20.9. The lowest BCUT2D eigenvalue weighted by molar-refractivity contribution is -0.136. The van der Waals surface area contributed by atoms with Gasteiger partial charge in [0.2, 0.25) is 5.91 Å². The number of methoxy groups -OCH3 is 2. The number of carbonyl (C=O) groups is 3. The van der Waals surface area contributed by atoms with Crippen molar-refractivity contribution in [3.05, 3.63) is 66.4 Å². The van der Waals surface area contributed by atoms with E-state index in [2.05, 4.69) is 57.0 Å². The van der Waals surface area contributed by atoms with E-state index in [-0.39, 0.29) is 29.8 Å². The minimum absolute atomic E-state index is 0.0429. The van der Waals surface area contributed by atoms with Crippen LogP contribution in [0.2, 0.25) is 0 Å². The Bertz CT molecular complexity index is 2390. The molecule has 17 nitrogen and oxygen atoms in total. The summed E-state index contributed by atoms with van der Waals surface area (Å²) in [6.07, 6.45) is 5.91. The number of ether oxygens (including phenoxy) is 4. The minimum atomic E-state index is -0.912. The normalized spacial score (nSPS) is 21.8. The zero-order valence-corrected chi connectivity index (χ0v) is 35.2. The van der Waals surface area contributed by atoms with Crippen LogP contribution in [0.1, 0.15) is 75.1 Å². The summed E-state index contributed by atoms with van der Waals surface area (Å²) in [5.41, 5.74) is 4.96. The number of amides is 3. The van der Waals surface area contributed by atoms with Crippen LogP contribution in [0.15, 0.2) is 54.7 Å². The molecule has 4 saturated heterocycles. The highest BCUT2D eigenvalue weighted by atomic mass is 16.5. The summed E-state index contributed by atoms with van der Waals surface area (Å²) in [5.74, 6) is 1.35. The zero-order valence-electron chi connectivity index (χ0n) is 35.2. The number of aliphatic hydroxyl groups is 1. The maximum Gasteiger partial charge on any atom is 0.407 e. The van der Waals surface area contributed by atoms with Crippen LogP contribution in [-0.4, -0.2) is 130 Å². The highest BCUT2D eigenvalue weighted by molar-refractivity contribution is 5.91. The van der Waals surface area contributed by atoms with Gasteiger partial charge in [0.05, 0.1) is 55.4 Å². The number of benzene rings is 2. The average Bonchev–Trinajstić information content (AvgIpc) is 4.16. The fourth-order valence-electron chi connectivity index (χ4n) is 9.88. The van der Waals surface area contributed by atoms with Gasteiger partial charge in [0.25, 0.3) is 0 Å². The number of H-pyrrole nitrogens is 2. The standard InChI is InChI=1S/C45H55N9O8/c1-59-44(57)50-37(26-13-19-61-20-14-26)42(55)53-17-3-5-35(53)40-46-25-34(49-40)31-10-8-28-23-30(9-7-29(28)24-31)32-11-12-33-39(47-32)52-41(48-33)36-6-4-18-54(36)43(56)38(51-45(58)60-2)27-15-21-62-22-16-27/h7-12,23-27,35-38,42,55H,3-6,13-22H2,1-2H3,(H,46,49)(H,50,57)(H,51,58)(H,47,48,52)/t35-,36-,37-,38-,42?/m0/s1. The Morgan fingerprint density at radius 2 is 1.42 bits per heavy atom. The molecule has 0 radical (unpaired) electrons. The van der Waals surface area contributed by atoms with Crippen LogP contribution >= 0.6 is 0 Å². The van der Waals surface area contributed by atoms with Gasteiger partial charge in [-0.2, -0.15) is 0 Å². The second-order valence-electron chi connectivity index (χ2n) is 16.8. The highest BCUT2D eigenvalue weighted by Gasteiger charge is 2.42.